The number of anilines is 1. The molecular weight excluding hydrogens is 296 g/mol. The van der Waals surface area contributed by atoms with Crippen molar-refractivity contribution in [2.75, 3.05) is 23.7 Å². The van der Waals surface area contributed by atoms with E-state index < -0.39 is 0 Å². The highest BCUT2D eigenvalue weighted by Gasteiger charge is 2.33. The highest BCUT2D eigenvalue weighted by molar-refractivity contribution is 8.00. The molecule has 0 atom stereocenters. The second-order valence-electron chi connectivity index (χ2n) is 6.26. The average Bonchev–Trinajstić information content (AvgIpc) is 3.37. The van der Waals surface area contributed by atoms with Gasteiger partial charge in [-0.2, -0.15) is 5.26 Å². The zero-order valence-electron chi connectivity index (χ0n) is 12.3. The lowest BCUT2D eigenvalue weighted by Crippen LogP contribution is -2.39. The molecule has 1 aromatic heterocycles. The van der Waals surface area contributed by atoms with Crippen molar-refractivity contribution in [1.82, 2.24) is 10.3 Å². The topological polar surface area (TPSA) is 69.0 Å². The van der Waals surface area contributed by atoms with E-state index in [1.54, 1.807) is 0 Å². The number of rotatable bonds is 4. The molecule has 4 aliphatic rings. The van der Waals surface area contributed by atoms with Crippen LogP contribution in [0.2, 0.25) is 0 Å². The summed E-state index contributed by atoms with van der Waals surface area (Å²) in [5, 5.41) is 13.1. The SMILES string of the molecule is N#Cc1cc2c(nc1SCC(=O)NC1CC1)N1CCC2CC1. The number of carbonyl (C=O) groups excluding carboxylic acids is 1. The van der Waals surface area contributed by atoms with E-state index >= 15 is 0 Å². The molecule has 1 aliphatic carbocycles. The number of nitriles is 1. The Morgan fingerprint density at radius 2 is 2.18 bits per heavy atom. The first kappa shape index (κ1) is 13.9. The van der Waals surface area contributed by atoms with Gasteiger partial charge in [-0.3, -0.25) is 4.79 Å². The van der Waals surface area contributed by atoms with E-state index in [0.717, 1.165) is 44.6 Å². The first-order chi connectivity index (χ1) is 10.7. The Morgan fingerprint density at radius 3 is 2.86 bits per heavy atom. The molecule has 0 unspecified atom stereocenters. The lowest BCUT2D eigenvalue weighted by Gasteiger charge is -2.41. The molecule has 0 aromatic carbocycles. The molecule has 6 heteroatoms. The van der Waals surface area contributed by atoms with Crippen LogP contribution < -0.4 is 10.2 Å². The van der Waals surface area contributed by atoms with Gasteiger partial charge >= 0.3 is 0 Å². The largest absolute Gasteiger partial charge is 0.356 e. The molecule has 2 fully saturated rings. The Balaban J connectivity index is 1.55. The van der Waals surface area contributed by atoms with Crippen LogP contribution in [0.25, 0.3) is 0 Å². The van der Waals surface area contributed by atoms with Gasteiger partial charge < -0.3 is 10.2 Å². The maximum absolute atomic E-state index is 11.8. The fourth-order valence-corrected chi connectivity index (χ4v) is 4.04. The minimum atomic E-state index is 0.0396. The molecular formula is C16H18N4OS. The lowest BCUT2D eigenvalue weighted by molar-refractivity contribution is -0.118. The van der Waals surface area contributed by atoms with Gasteiger partial charge in [0, 0.05) is 19.1 Å². The van der Waals surface area contributed by atoms with E-state index in [9.17, 15) is 10.1 Å². The zero-order valence-corrected chi connectivity index (χ0v) is 13.2. The van der Waals surface area contributed by atoms with Crippen molar-refractivity contribution in [2.45, 2.75) is 42.7 Å². The van der Waals surface area contributed by atoms with Crippen LogP contribution in [0.5, 0.6) is 0 Å². The van der Waals surface area contributed by atoms with Gasteiger partial charge in [-0.25, -0.2) is 4.98 Å². The third kappa shape index (κ3) is 2.54. The van der Waals surface area contributed by atoms with Crippen molar-refractivity contribution in [1.29, 1.82) is 5.26 Å². The Hall–Kier alpha value is -1.74. The Labute approximate surface area is 134 Å². The Bertz CT molecular complexity index is 657. The number of nitrogens with one attached hydrogen (secondary N) is 1. The quantitative estimate of drug-likeness (QED) is 0.861. The molecule has 114 valence electrons. The van der Waals surface area contributed by atoms with Gasteiger partial charge in [0.1, 0.15) is 16.9 Å². The first-order valence-electron chi connectivity index (χ1n) is 7.87. The molecule has 3 aliphatic heterocycles. The summed E-state index contributed by atoms with van der Waals surface area (Å²) in [6.45, 7) is 2.12. The minimum absolute atomic E-state index is 0.0396. The van der Waals surface area contributed by atoms with Gasteiger partial charge in [0.05, 0.1) is 11.3 Å². The number of thioether (sulfide) groups is 1. The van der Waals surface area contributed by atoms with Crippen molar-refractivity contribution in [3.63, 3.8) is 0 Å². The second kappa shape index (κ2) is 5.47. The monoisotopic (exact) mass is 314 g/mol. The van der Waals surface area contributed by atoms with Crippen molar-refractivity contribution in [2.24, 2.45) is 0 Å². The molecule has 1 saturated carbocycles. The van der Waals surface area contributed by atoms with Crippen LogP contribution in [-0.2, 0) is 4.79 Å². The number of aromatic nitrogens is 1. The van der Waals surface area contributed by atoms with Crippen molar-refractivity contribution in [3.05, 3.63) is 17.2 Å². The van der Waals surface area contributed by atoms with Gasteiger partial charge in [0.25, 0.3) is 0 Å². The normalized spacial score (nSPS) is 19.7. The third-order valence-corrected chi connectivity index (χ3v) is 5.62. The number of piperidine rings is 1. The highest BCUT2D eigenvalue weighted by atomic mass is 32.2. The van der Waals surface area contributed by atoms with Crippen LogP contribution in [0.1, 0.15) is 42.7 Å². The molecule has 4 heterocycles. The molecule has 22 heavy (non-hydrogen) atoms. The molecule has 0 spiro atoms. The maximum atomic E-state index is 11.8. The summed E-state index contributed by atoms with van der Waals surface area (Å²) in [5.41, 5.74) is 1.83. The molecule has 1 amide bonds. The number of amides is 1. The molecule has 1 N–H and O–H groups in total. The van der Waals surface area contributed by atoms with Crippen LogP contribution in [0.3, 0.4) is 0 Å². The molecule has 0 radical (unpaired) electrons. The smallest absolute Gasteiger partial charge is 0.230 e. The van der Waals surface area contributed by atoms with Crippen LogP contribution in [0.4, 0.5) is 5.82 Å². The summed E-state index contributed by atoms with van der Waals surface area (Å²) in [7, 11) is 0. The van der Waals surface area contributed by atoms with Crippen LogP contribution in [0.15, 0.2) is 11.1 Å². The van der Waals surface area contributed by atoms with E-state index in [1.165, 1.54) is 17.3 Å². The molecule has 5 nitrogen and oxygen atoms in total. The number of pyridine rings is 1. The predicted octanol–water partition coefficient (Wildman–Crippen LogP) is 2.02. The number of hydrogen-bond acceptors (Lipinski definition) is 5. The fraction of sp³-hybridized carbons (Fsp3) is 0.562. The van der Waals surface area contributed by atoms with Gasteiger partial charge in [0.15, 0.2) is 0 Å². The summed E-state index contributed by atoms with van der Waals surface area (Å²) < 4.78 is 0. The molecule has 5 rings (SSSR count). The molecule has 1 aromatic rings. The summed E-state index contributed by atoms with van der Waals surface area (Å²) >= 11 is 1.38. The first-order valence-corrected chi connectivity index (χ1v) is 8.85. The van der Waals surface area contributed by atoms with E-state index in [-0.39, 0.29) is 5.91 Å². The lowest BCUT2D eigenvalue weighted by atomic mass is 9.84. The minimum Gasteiger partial charge on any atom is -0.356 e. The van der Waals surface area contributed by atoms with Gasteiger partial charge in [-0.1, -0.05) is 11.8 Å². The molecule has 1 saturated heterocycles. The third-order valence-electron chi connectivity index (χ3n) is 4.63. The van der Waals surface area contributed by atoms with Crippen LogP contribution in [0, 0.1) is 11.3 Å². The van der Waals surface area contributed by atoms with E-state index in [4.69, 9.17) is 4.98 Å². The van der Waals surface area contributed by atoms with Crippen LogP contribution in [-0.4, -0.2) is 35.8 Å². The van der Waals surface area contributed by atoms with Gasteiger partial charge in [0.2, 0.25) is 5.91 Å². The predicted molar refractivity (Wildman–Crippen MR) is 85.0 cm³/mol. The van der Waals surface area contributed by atoms with Crippen molar-refractivity contribution >= 4 is 23.5 Å². The van der Waals surface area contributed by atoms with E-state index in [0.29, 0.717) is 28.3 Å². The zero-order chi connectivity index (χ0) is 15.1. The van der Waals surface area contributed by atoms with Gasteiger partial charge in [-0.05, 0) is 43.2 Å². The summed E-state index contributed by atoms with van der Waals surface area (Å²) in [4.78, 5) is 18.9. The summed E-state index contributed by atoms with van der Waals surface area (Å²) in [5.74, 6) is 1.96. The number of carbonyl (C=O) groups is 1. The number of hydrogen-bond donors (Lipinski definition) is 1. The Morgan fingerprint density at radius 1 is 1.41 bits per heavy atom. The second-order valence-corrected chi connectivity index (χ2v) is 7.22. The van der Waals surface area contributed by atoms with E-state index in [1.807, 2.05) is 6.07 Å². The van der Waals surface area contributed by atoms with Crippen molar-refractivity contribution in [3.8, 4) is 6.07 Å². The number of nitrogens with zero attached hydrogens (tertiary/aromatic N) is 3. The average molecular weight is 314 g/mol. The van der Waals surface area contributed by atoms with E-state index in [2.05, 4.69) is 16.3 Å². The number of fused-ring (bicyclic) bond motifs is 2. The molecule has 2 bridgehead atoms. The maximum Gasteiger partial charge on any atom is 0.230 e. The van der Waals surface area contributed by atoms with Gasteiger partial charge in [-0.15, -0.1) is 0 Å². The standard InChI is InChI=1S/C16H18N4OS/c17-8-11-7-13-10-3-5-20(6-4-10)15(13)19-16(11)22-9-14(21)18-12-1-2-12/h7,10,12H,1-6,9H2,(H,18,21). The van der Waals surface area contributed by atoms with Crippen LogP contribution >= 0.6 is 11.8 Å². The fourth-order valence-electron chi connectivity index (χ4n) is 3.28. The summed E-state index contributed by atoms with van der Waals surface area (Å²) in [6.07, 6.45) is 4.51. The Kier molecular flexibility index (Phi) is 3.45. The summed E-state index contributed by atoms with van der Waals surface area (Å²) in [6, 6.07) is 4.62. The van der Waals surface area contributed by atoms with Crippen molar-refractivity contribution < 1.29 is 4.79 Å². The highest BCUT2D eigenvalue weighted by Crippen LogP contribution is 2.42.